The van der Waals surface area contributed by atoms with Crippen molar-refractivity contribution >= 4 is 11.7 Å². The average molecular weight is 269 g/mol. The third kappa shape index (κ3) is 3.48. The van der Waals surface area contributed by atoms with Gasteiger partial charge in [0.1, 0.15) is 0 Å². The second-order valence-electron chi connectivity index (χ2n) is 6.36. The molecule has 1 aliphatic rings. The van der Waals surface area contributed by atoms with E-state index in [-0.39, 0.29) is 11.4 Å². The molecular weight excluding hydrogens is 242 g/mol. The second kappa shape index (κ2) is 5.93. The zero-order valence-electron chi connectivity index (χ0n) is 13.1. The first-order chi connectivity index (χ1) is 8.77. The largest absolute Gasteiger partial charge is 0.463 e. The SMILES string of the molecule is CCOC(=O)C1(CC(C)C)CC(C(C)(C)CC)=NO1. The van der Waals surface area contributed by atoms with Gasteiger partial charge in [0.05, 0.1) is 12.3 Å². The van der Waals surface area contributed by atoms with E-state index in [1.165, 1.54) is 0 Å². The number of nitrogens with zero attached hydrogens (tertiary/aromatic N) is 1. The lowest BCUT2D eigenvalue weighted by Gasteiger charge is -2.27. The van der Waals surface area contributed by atoms with Crippen LogP contribution in [-0.2, 0) is 14.4 Å². The van der Waals surface area contributed by atoms with E-state index in [1.54, 1.807) is 0 Å². The average Bonchev–Trinajstić information content (AvgIpc) is 2.75. The number of esters is 1. The van der Waals surface area contributed by atoms with Crippen LogP contribution >= 0.6 is 0 Å². The summed E-state index contributed by atoms with van der Waals surface area (Å²) in [7, 11) is 0. The fourth-order valence-electron chi connectivity index (χ4n) is 2.27. The molecule has 0 aromatic rings. The minimum Gasteiger partial charge on any atom is -0.463 e. The Bertz CT molecular complexity index is 360. The number of hydrogen-bond donors (Lipinski definition) is 0. The fraction of sp³-hybridized carbons (Fsp3) is 0.867. The minimum atomic E-state index is -0.911. The van der Waals surface area contributed by atoms with Crippen LogP contribution in [0, 0.1) is 11.3 Å². The summed E-state index contributed by atoms with van der Waals surface area (Å²) in [6, 6.07) is 0. The smallest absolute Gasteiger partial charge is 0.353 e. The predicted molar refractivity (Wildman–Crippen MR) is 76.0 cm³/mol. The zero-order chi connectivity index (χ0) is 14.7. The summed E-state index contributed by atoms with van der Waals surface area (Å²) >= 11 is 0. The molecule has 1 unspecified atom stereocenters. The van der Waals surface area contributed by atoms with Gasteiger partial charge in [0.15, 0.2) is 0 Å². The molecule has 0 bridgehead atoms. The van der Waals surface area contributed by atoms with Gasteiger partial charge in [-0.05, 0) is 19.3 Å². The molecule has 1 heterocycles. The Morgan fingerprint density at radius 1 is 1.47 bits per heavy atom. The second-order valence-corrected chi connectivity index (χ2v) is 6.36. The van der Waals surface area contributed by atoms with Crippen molar-refractivity contribution in [3.05, 3.63) is 0 Å². The summed E-state index contributed by atoms with van der Waals surface area (Å²) in [4.78, 5) is 17.8. The molecule has 0 radical (unpaired) electrons. The molecule has 0 spiro atoms. The van der Waals surface area contributed by atoms with Gasteiger partial charge >= 0.3 is 5.97 Å². The molecule has 4 heteroatoms. The molecule has 0 amide bonds. The number of rotatable bonds is 6. The van der Waals surface area contributed by atoms with Crippen LogP contribution in [0.5, 0.6) is 0 Å². The van der Waals surface area contributed by atoms with Crippen molar-refractivity contribution < 1.29 is 14.4 Å². The molecule has 1 atom stereocenters. The van der Waals surface area contributed by atoms with E-state index in [1.807, 2.05) is 6.92 Å². The number of oxime groups is 1. The third-order valence-corrected chi connectivity index (χ3v) is 3.83. The Morgan fingerprint density at radius 3 is 2.58 bits per heavy atom. The summed E-state index contributed by atoms with van der Waals surface area (Å²) in [6.45, 7) is 12.7. The third-order valence-electron chi connectivity index (χ3n) is 3.83. The van der Waals surface area contributed by atoms with Crippen LogP contribution in [-0.4, -0.2) is 23.9 Å². The Hall–Kier alpha value is -1.06. The maximum Gasteiger partial charge on any atom is 0.353 e. The zero-order valence-corrected chi connectivity index (χ0v) is 13.1. The summed E-state index contributed by atoms with van der Waals surface area (Å²) in [5, 5.41) is 4.20. The highest BCUT2D eigenvalue weighted by Gasteiger charge is 2.50. The van der Waals surface area contributed by atoms with E-state index in [0.29, 0.717) is 25.4 Å². The van der Waals surface area contributed by atoms with Gasteiger partial charge in [-0.3, -0.25) is 0 Å². The molecule has 4 nitrogen and oxygen atoms in total. The first-order valence-corrected chi connectivity index (χ1v) is 7.20. The van der Waals surface area contributed by atoms with Crippen molar-refractivity contribution in [2.75, 3.05) is 6.61 Å². The Balaban J connectivity index is 2.91. The van der Waals surface area contributed by atoms with Gasteiger partial charge in [0.2, 0.25) is 5.60 Å². The van der Waals surface area contributed by atoms with Crippen LogP contribution < -0.4 is 0 Å². The maximum atomic E-state index is 12.2. The number of hydrogen-bond acceptors (Lipinski definition) is 4. The van der Waals surface area contributed by atoms with Gasteiger partial charge in [-0.1, -0.05) is 39.8 Å². The molecule has 19 heavy (non-hydrogen) atoms. The summed E-state index contributed by atoms with van der Waals surface area (Å²) in [6.07, 6.45) is 2.15. The van der Waals surface area contributed by atoms with Gasteiger partial charge in [-0.25, -0.2) is 4.79 Å². The van der Waals surface area contributed by atoms with Crippen LogP contribution in [0.15, 0.2) is 5.16 Å². The van der Waals surface area contributed by atoms with Crippen molar-refractivity contribution in [1.29, 1.82) is 0 Å². The highest BCUT2D eigenvalue weighted by Crippen LogP contribution is 2.38. The summed E-state index contributed by atoms with van der Waals surface area (Å²) < 4.78 is 5.19. The molecule has 0 fully saturated rings. The maximum absolute atomic E-state index is 12.2. The molecule has 0 aromatic heterocycles. The predicted octanol–water partition coefficient (Wildman–Crippen LogP) is 3.55. The van der Waals surface area contributed by atoms with Crippen molar-refractivity contribution in [2.24, 2.45) is 16.5 Å². The van der Waals surface area contributed by atoms with Gasteiger partial charge in [0.25, 0.3) is 0 Å². The highest BCUT2D eigenvalue weighted by molar-refractivity contribution is 5.96. The first-order valence-electron chi connectivity index (χ1n) is 7.20. The number of carbonyl (C=O) groups is 1. The van der Waals surface area contributed by atoms with E-state index < -0.39 is 5.60 Å². The Morgan fingerprint density at radius 2 is 2.11 bits per heavy atom. The summed E-state index contributed by atoms with van der Waals surface area (Å²) in [5.41, 5.74) is 0.0145. The lowest BCUT2D eigenvalue weighted by Crippen LogP contribution is -2.43. The quantitative estimate of drug-likeness (QED) is 0.693. The van der Waals surface area contributed by atoms with Gasteiger partial charge in [-0.2, -0.15) is 0 Å². The topological polar surface area (TPSA) is 47.9 Å². The Labute approximate surface area is 116 Å². The van der Waals surface area contributed by atoms with Crippen molar-refractivity contribution in [1.82, 2.24) is 0 Å². The summed E-state index contributed by atoms with van der Waals surface area (Å²) in [5.74, 6) is 0.0676. The van der Waals surface area contributed by atoms with Crippen LogP contribution in [0.25, 0.3) is 0 Å². The lowest BCUT2D eigenvalue weighted by molar-refractivity contribution is -0.171. The van der Waals surface area contributed by atoms with E-state index >= 15 is 0 Å². The number of ether oxygens (including phenoxy) is 1. The van der Waals surface area contributed by atoms with Gasteiger partial charge in [0, 0.05) is 18.3 Å². The van der Waals surface area contributed by atoms with E-state index in [4.69, 9.17) is 9.57 Å². The molecule has 1 rings (SSSR count). The molecule has 110 valence electrons. The van der Waals surface area contributed by atoms with E-state index in [0.717, 1.165) is 12.1 Å². The fourth-order valence-corrected chi connectivity index (χ4v) is 2.27. The number of carbonyl (C=O) groups excluding carboxylic acids is 1. The van der Waals surface area contributed by atoms with Crippen LogP contribution in [0.4, 0.5) is 0 Å². The monoisotopic (exact) mass is 269 g/mol. The lowest BCUT2D eigenvalue weighted by atomic mass is 9.78. The molecule has 0 aliphatic carbocycles. The van der Waals surface area contributed by atoms with Gasteiger partial charge in [-0.15, -0.1) is 0 Å². The first kappa shape index (κ1) is 16.0. The van der Waals surface area contributed by atoms with E-state index in [2.05, 4.69) is 39.8 Å². The molecule has 0 saturated heterocycles. The van der Waals surface area contributed by atoms with E-state index in [9.17, 15) is 4.79 Å². The van der Waals surface area contributed by atoms with Crippen molar-refractivity contribution in [2.45, 2.75) is 66.4 Å². The minimum absolute atomic E-state index is 0.0365. The molecule has 0 saturated carbocycles. The van der Waals surface area contributed by atoms with Crippen LogP contribution in [0.1, 0.15) is 60.8 Å². The van der Waals surface area contributed by atoms with Gasteiger partial charge < -0.3 is 9.57 Å². The van der Waals surface area contributed by atoms with Crippen LogP contribution in [0.3, 0.4) is 0 Å². The molecular formula is C15H27NO3. The van der Waals surface area contributed by atoms with Crippen molar-refractivity contribution in [3.63, 3.8) is 0 Å². The van der Waals surface area contributed by atoms with Crippen LogP contribution in [0.2, 0.25) is 0 Å². The Kier molecular flexibility index (Phi) is 4.99. The molecule has 0 aromatic carbocycles. The van der Waals surface area contributed by atoms with Crippen molar-refractivity contribution in [3.8, 4) is 0 Å². The normalized spacial score (nSPS) is 23.2. The highest BCUT2D eigenvalue weighted by atomic mass is 16.7. The molecule has 0 N–H and O–H groups in total. The standard InChI is InChI=1S/C15H27NO3/c1-7-14(5,6)12-10-15(19-16-12,9-11(3)4)13(17)18-8-2/h11H,7-10H2,1-6H3. The molecule has 1 aliphatic heterocycles.